The average molecular weight is 320 g/mol. The van der Waals surface area contributed by atoms with Gasteiger partial charge in [0.1, 0.15) is 0 Å². The van der Waals surface area contributed by atoms with E-state index in [1.54, 1.807) is 0 Å². The highest BCUT2D eigenvalue weighted by Crippen LogP contribution is 2.26. The van der Waals surface area contributed by atoms with E-state index >= 15 is 0 Å². The van der Waals surface area contributed by atoms with E-state index in [9.17, 15) is 4.79 Å². The molecule has 1 amide bonds. The Kier molecular flexibility index (Phi) is 4.43. The first-order valence-corrected chi connectivity index (χ1v) is 8.44. The Hall–Kier alpha value is -2.55. The number of hydrogen-bond donors (Lipinski definition) is 1. The summed E-state index contributed by atoms with van der Waals surface area (Å²) in [6.45, 7) is 9.95. The number of nitrogens with one attached hydrogen (secondary N) is 1. The summed E-state index contributed by atoms with van der Waals surface area (Å²) < 4.78 is 2.29. The summed E-state index contributed by atoms with van der Waals surface area (Å²) in [4.78, 5) is 12.5. The third-order valence-corrected chi connectivity index (χ3v) is 4.79. The fourth-order valence-corrected chi connectivity index (χ4v) is 3.19. The van der Waals surface area contributed by atoms with Crippen LogP contribution in [0.25, 0.3) is 10.9 Å². The van der Waals surface area contributed by atoms with Gasteiger partial charge in [-0.25, -0.2) is 0 Å². The predicted molar refractivity (Wildman–Crippen MR) is 99.4 cm³/mol. The topological polar surface area (TPSA) is 34.0 Å². The Balaban J connectivity index is 1.82. The van der Waals surface area contributed by atoms with Crippen molar-refractivity contribution < 1.29 is 4.79 Å². The van der Waals surface area contributed by atoms with E-state index < -0.39 is 0 Å². The molecule has 0 aliphatic carbocycles. The number of aryl methyl sites for hydroxylation is 3. The number of amides is 1. The molecule has 0 aliphatic rings. The van der Waals surface area contributed by atoms with E-state index in [1.807, 2.05) is 24.3 Å². The number of rotatable bonds is 4. The van der Waals surface area contributed by atoms with Crippen molar-refractivity contribution in [1.82, 2.24) is 9.88 Å². The third kappa shape index (κ3) is 2.94. The Labute approximate surface area is 143 Å². The molecule has 3 nitrogen and oxygen atoms in total. The summed E-state index contributed by atoms with van der Waals surface area (Å²) in [5.41, 5.74) is 6.76. The smallest absolute Gasteiger partial charge is 0.251 e. The highest BCUT2D eigenvalue weighted by atomic mass is 16.1. The zero-order valence-corrected chi connectivity index (χ0v) is 14.8. The second kappa shape index (κ2) is 6.52. The Morgan fingerprint density at radius 1 is 1.04 bits per heavy atom. The van der Waals surface area contributed by atoms with Gasteiger partial charge in [-0.15, -0.1) is 0 Å². The van der Waals surface area contributed by atoms with Crippen LogP contribution in [0.15, 0.2) is 42.5 Å². The molecular weight excluding hydrogens is 296 g/mol. The minimum Gasteiger partial charge on any atom is -0.348 e. The van der Waals surface area contributed by atoms with Gasteiger partial charge in [-0.2, -0.15) is 0 Å². The molecule has 0 saturated carbocycles. The molecule has 1 aromatic heterocycles. The fourth-order valence-electron chi connectivity index (χ4n) is 3.19. The summed E-state index contributed by atoms with van der Waals surface area (Å²) in [6, 6.07) is 14.2. The van der Waals surface area contributed by atoms with Gasteiger partial charge in [0.25, 0.3) is 5.91 Å². The van der Waals surface area contributed by atoms with E-state index in [-0.39, 0.29) is 5.91 Å². The maximum absolute atomic E-state index is 12.5. The van der Waals surface area contributed by atoms with Gasteiger partial charge in [0.15, 0.2) is 0 Å². The lowest BCUT2D eigenvalue weighted by Crippen LogP contribution is -2.22. The maximum atomic E-state index is 12.5. The van der Waals surface area contributed by atoms with Gasteiger partial charge in [-0.1, -0.05) is 29.8 Å². The second-order valence-electron chi connectivity index (χ2n) is 6.35. The zero-order chi connectivity index (χ0) is 17.3. The first-order chi connectivity index (χ1) is 11.5. The van der Waals surface area contributed by atoms with Crippen molar-refractivity contribution in [2.45, 2.75) is 40.8 Å². The molecule has 0 atom stereocenters. The Bertz CT molecular complexity index is 888. The first kappa shape index (κ1) is 16.3. The van der Waals surface area contributed by atoms with Crippen molar-refractivity contribution in [3.63, 3.8) is 0 Å². The number of fused-ring (bicyclic) bond motifs is 1. The molecule has 24 heavy (non-hydrogen) atoms. The normalized spacial score (nSPS) is 11.0. The molecule has 0 saturated heterocycles. The van der Waals surface area contributed by atoms with Crippen LogP contribution < -0.4 is 5.32 Å². The van der Waals surface area contributed by atoms with Crippen LogP contribution in [-0.4, -0.2) is 10.5 Å². The monoisotopic (exact) mass is 320 g/mol. The number of carbonyl (C=O) groups is 1. The van der Waals surface area contributed by atoms with Gasteiger partial charge < -0.3 is 9.88 Å². The van der Waals surface area contributed by atoms with Crippen molar-refractivity contribution in [2.24, 2.45) is 0 Å². The van der Waals surface area contributed by atoms with Gasteiger partial charge in [-0.3, -0.25) is 4.79 Å². The van der Waals surface area contributed by atoms with Crippen molar-refractivity contribution >= 4 is 16.8 Å². The van der Waals surface area contributed by atoms with Gasteiger partial charge in [0.05, 0.1) is 0 Å². The van der Waals surface area contributed by atoms with Crippen molar-refractivity contribution in [3.05, 3.63) is 70.4 Å². The van der Waals surface area contributed by atoms with E-state index in [1.165, 1.54) is 22.3 Å². The van der Waals surface area contributed by atoms with E-state index in [0.717, 1.165) is 17.5 Å². The van der Waals surface area contributed by atoms with Crippen molar-refractivity contribution in [1.29, 1.82) is 0 Å². The summed E-state index contributed by atoms with van der Waals surface area (Å²) >= 11 is 0. The lowest BCUT2D eigenvalue weighted by molar-refractivity contribution is 0.0951. The fraction of sp³-hybridized carbons (Fsp3) is 0.286. The maximum Gasteiger partial charge on any atom is 0.251 e. The average Bonchev–Trinajstić information content (AvgIpc) is 2.84. The molecule has 1 N–H and O–H groups in total. The van der Waals surface area contributed by atoms with Crippen LogP contribution >= 0.6 is 0 Å². The Morgan fingerprint density at radius 2 is 1.75 bits per heavy atom. The molecule has 3 rings (SSSR count). The quantitative estimate of drug-likeness (QED) is 0.753. The molecular formula is C21H24N2O. The van der Waals surface area contributed by atoms with Crippen molar-refractivity contribution in [2.75, 3.05) is 0 Å². The molecule has 124 valence electrons. The molecule has 0 bridgehead atoms. The lowest BCUT2D eigenvalue weighted by atomic mass is 10.1. The molecule has 0 fully saturated rings. The number of nitrogens with zero attached hydrogens (tertiary/aromatic N) is 1. The number of hydrogen-bond acceptors (Lipinski definition) is 1. The summed E-state index contributed by atoms with van der Waals surface area (Å²) in [7, 11) is 0. The second-order valence-corrected chi connectivity index (χ2v) is 6.35. The van der Waals surface area contributed by atoms with Crippen LogP contribution in [0.2, 0.25) is 0 Å². The minimum atomic E-state index is -0.0289. The van der Waals surface area contributed by atoms with Crippen LogP contribution in [0, 0.1) is 20.8 Å². The van der Waals surface area contributed by atoms with E-state index in [0.29, 0.717) is 12.1 Å². The van der Waals surface area contributed by atoms with Gasteiger partial charge in [-0.05, 0) is 57.0 Å². The SMILES string of the molecule is CCn1c(C)c(C)c2cc(C(=O)NCc3ccc(C)cc3)ccc21. The van der Waals surface area contributed by atoms with Crippen LogP contribution in [0.1, 0.15) is 39.7 Å². The molecule has 1 heterocycles. The predicted octanol–water partition coefficient (Wildman–Crippen LogP) is 4.52. The van der Waals surface area contributed by atoms with Crippen LogP contribution in [-0.2, 0) is 13.1 Å². The first-order valence-electron chi connectivity index (χ1n) is 8.44. The standard InChI is InChI=1S/C21H24N2O/c1-5-23-16(4)15(3)19-12-18(10-11-20(19)23)21(24)22-13-17-8-6-14(2)7-9-17/h6-12H,5,13H2,1-4H3,(H,22,24). The third-order valence-electron chi connectivity index (χ3n) is 4.79. The van der Waals surface area contributed by atoms with Crippen LogP contribution in [0.5, 0.6) is 0 Å². The molecule has 0 radical (unpaired) electrons. The molecule has 0 spiro atoms. The van der Waals surface area contributed by atoms with E-state index in [2.05, 4.69) is 55.8 Å². The van der Waals surface area contributed by atoms with E-state index in [4.69, 9.17) is 0 Å². The lowest BCUT2D eigenvalue weighted by Gasteiger charge is -2.07. The largest absolute Gasteiger partial charge is 0.348 e. The molecule has 3 heteroatoms. The minimum absolute atomic E-state index is 0.0289. The van der Waals surface area contributed by atoms with Crippen molar-refractivity contribution in [3.8, 4) is 0 Å². The summed E-state index contributed by atoms with van der Waals surface area (Å²) in [5.74, 6) is -0.0289. The highest BCUT2D eigenvalue weighted by Gasteiger charge is 2.13. The number of benzene rings is 2. The summed E-state index contributed by atoms with van der Waals surface area (Å²) in [5, 5.41) is 4.17. The van der Waals surface area contributed by atoms with Gasteiger partial charge in [0, 0.05) is 35.2 Å². The molecule has 0 aliphatic heterocycles. The molecule has 2 aromatic carbocycles. The van der Waals surface area contributed by atoms with Gasteiger partial charge >= 0.3 is 0 Å². The van der Waals surface area contributed by atoms with Crippen LogP contribution in [0.4, 0.5) is 0 Å². The Morgan fingerprint density at radius 3 is 2.42 bits per heavy atom. The molecule has 3 aromatic rings. The number of carbonyl (C=O) groups excluding carboxylic acids is 1. The number of aromatic nitrogens is 1. The molecule has 0 unspecified atom stereocenters. The zero-order valence-electron chi connectivity index (χ0n) is 14.8. The summed E-state index contributed by atoms with van der Waals surface area (Å²) in [6.07, 6.45) is 0. The van der Waals surface area contributed by atoms with Gasteiger partial charge in [0.2, 0.25) is 0 Å². The highest BCUT2D eigenvalue weighted by molar-refractivity contribution is 5.99. The van der Waals surface area contributed by atoms with Crippen LogP contribution in [0.3, 0.4) is 0 Å².